The first-order valence-corrected chi connectivity index (χ1v) is 4.64. The number of hydrogen-bond acceptors (Lipinski definition) is 0. The maximum atomic E-state index is 2.25. The van der Waals surface area contributed by atoms with Crippen molar-refractivity contribution in [2.45, 2.75) is 32.6 Å². The van der Waals surface area contributed by atoms with Gasteiger partial charge in [-0.05, 0) is 12.8 Å². The molecule has 0 rings (SSSR count). The summed E-state index contributed by atoms with van der Waals surface area (Å²) in [7, 11) is 0. The van der Waals surface area contributed by atoms with Gasteiger partial charge in [0.15, 0.2) is 0 Å². The molecule has 0 heterocycles. The summed E-state index contributed by atoms with van der Waals surface area (Å²) < 4.78 is 1.37. The van der Waals surface area contributed by atoms with Crippen molar-refractivity contribution in [3.63, 3.8) is 0 Å². The van der Waals surface area contributed by atoms with Gasteiger partial charge in [-0.1, -0.05) is 19.8 Å². The SMILES string of the molecule is CCCCCC[IH+]. The second-order valence-electron chi connectivity index (χ2n) is 1.76. The summed E-state index contributed by atoms with van der Waals surface area (Å²) in [6, 6.07) is 0. The smallest absolute Gasteiger partial charge is 0.0654 e. The molecule has 0 aromatic rings. The van der Waals surface area contributed by atoms with Gasteiger partial charge in [0.1, 0.15) is 4.43 Å². The maximum Gasteiger partial charge on any atom is 0.252 e. The zero-order valence-corrected chi connectivity index (χ0v) is 7.27. The minimum absolute atomic E-state index is 1.36. The Kier molecular flexibility index (Phi) is 7.43. The third kappa shape index (κ3) is 6.73. The molecule has 0 amide bonds. The van der Waals surface area contributed by atoms with Crippen molar-refractivity contribution in [2.75, 3.05) is 4.43 Å². The second-order valence-corrected chi connectivity index (χ2v) is 2.93. The molecule has 0 aromatic carbocycles. The summed E-state index contributed by atoms with van der Waals surface area (Å²) in [5.74, 6) is 0. The third-order valence-corrected chi connectivity index (χ3v) is 1.82. The molecule has 0 nitrogen and oxygen atoms in total. The molecule has 0 N–H and O–H groups in total. The first-order valence-electron chi connectivity index (χ1n) is 3.00. The van der Waals surface area contributed by atoms with Crippen LogP contribution in [0.3, 0.4) is 0 Å². The predicted octanol–water partition coefficient (Wildman–Crippen LogP) is -1.15. The first-order chi connectivity index (χ1) is 3.41. The Labute approximate surface area is 59.8 Å². The largest absolute Gasteiger partial charge is 0.252 e. The monoisotopic (exact) mass is 213 g/mol. The van der Waals surface area contributed by atoms with E-state index in [-0.39, 0.29) is 0 Å². The van der Waals surface area contributed by atoms with Gasteiger partial charge in [-0.2, -0.15) is 0 Å². The number of rotatable bonds is 4. The van der Waals surface area contributed by atoms with E-state index >= 15 is 0 Å². The van der Waals surface area contributed by atoms with Crippen molar-refractivity contribution in [3.05, 3.63) is 0 Å². The van der Waals surface area contributed by atoms with Crippen LogP contribution in [-0.4, -0.2) is 4.43 Å². The number of unbranched alkanes of at least 4 members (excludes halogenated alkanes) is 3. The molecule has 0 fully saturated rings. The second kappa shape index (κ2) is 6.73. The van der Waals surface area contributed by atoms with Gasteiger partial charge in [-0.15, -0.1) is 0 Å². The van der Waals surface area contributed by atoms with Crippen molar-refractivity contribution in [1.29, 1.82) is 0 Å². The zero-order chi connectivity index (χ0) is 5.54. The molecule has 44 valence electrons. The van der Waals surface area contributed by atoms with Gasteiger partial charge in [0, 0.05) is 0 Å². The van der Waals surface area contributed by atoms with Crippen LogP contribution in [0.25, 0.3) is 0 Å². The molecule has 0 saturated heterocycles. The van der Waals surface area contributed by atoms with Gasteiger partial charge in [0.05, 0.1) is 0 Å². The summed E-state index contributed by atoms with van der Waals surface area (Å²) in [6.07, 6.45) is 5.66. The van der Waals surface area contributed by atoms with Crippen LogP contribution in [0.15, 0.2) is 0 Å². The lowest BCUT2D eigenvalue weighted by Gasteiger charge is -1.86. The lowest BCUT2D eigenvalue weighted by Crippen LogP contribution is -3.35. The summed E-state index contributed by atoms with van der Waals surface area (Å²) >= 11 is 2.19. The molecule has 0 bridgehead atoms. The van der Waals surface area contributed by atoms with Crippen LogP contribution in [0.2, 0.25) is 0 Å². The minimum atomic E-state index is 1.36. The molecule has 7 heavy (non-hydrogen) atoms. The van der Waals surface area contributed by atoms with E-state index in [2.05, 4.69) is 29.5 Å². The summed E-state index contributed by atoms with van der Waals surface area (Å²) in [5, 5.41) is 0. The molecule has 0 saturated carbocycles. The van der Waals surface area contributed by atoms with Gasteiger partial charge in [-0.25, -0.2) is 0 Å². The van der Waals surface area contributed by atoms with Crippen molar-refractivity contribution < 1.29 is 22.6 Å². The average molecular weight is 213 g/mol. The van der Waals surface area contributed by atoms with E-state index in [9.17, 15) is 0 Å². The molecule has 0 atom stereocenters. The third-order valence-electron chi connectivity index (χ3n) is 0.998. The normalized spacial score (nSPS) is 9.43. The van der Waals surface area contributed by atoms with Gasteiger partial charge >= 0.3 is 0 Å². The first kappa shape index (κ1) is 7.73. The van der Waals surface area contributed by atoms with E-state index in [1.54, 1.807) is 0 Å². The van der Waals surface area contributed by atoms with Crippen molar-refractivity contribution >= 4 is 0 Å². The van der Waals surface area contributed by atoms with Crippen molar-refractivity contribution in [2.24, 2.45) is 0 Å². The van der Waals surface area contributed by atoms with Crippen molar-refractivity contribution in [1.82, 2.24) is 0 Å². The molecule has 0 aliphatic rings. The fourth-order valence-corrected chi connectivity index (χ4v) is 1.11. The van der Waals surface area contributed by atoms with Gasteiger partial charge in [0.25, 0.3) is 22.6 Å². The molecule has 0 radical (unpaired) electrons. The van der Waals surface area contributed by atoms with Crippen LogP contribution >= 0.6 is 0 Å². The quantitative estimate of drug-likeness (QED) is 0.314. The van der Waals surface area contributed by atoms with Crippen LogP contribution in [0.4, 0.5) is 0 Å². The summed E-state index contributed by atoms with van der Waals surface area (Å²) in [6.45, 7) is 2.25. The van der Waals surface area contributed by atoms with Crippen LogP contribution in [0.1, 0.15) is 32.6 Å². The van der Waals surface area contributed by atoms with E-state index in [4.69, 9.17) is 0 Å². The Morgan fingerprint density at radius 1 is 1.14 bits per heavy atom. The molecule has 0 spiro atoms. The predicted molar refractivity (Wildman–Crippen MR) is 30.4 cm³/mol. The van der Waals surface area contributed by atoms with E-state index in [0.29, 0.717) is 0 Å². The summed E-state index contributed by atoms with van der Waals surface area (Å²) in [4.78, 5) is 0. The Balaban J connectivity index is 2.45. The molecule has 0 aliphatic heterocycles. The molecular formula is C6H14I+. The lowest BCUT2D eigenvalue weighted by atomic mass is 10.2. The number of hydrogen-bond donors (Lipinski definition) is 0. The fourth-order valence-electron chi connectivity index (χ4n) is 0.529. The van der Waals surface area contributed by atoms with E-state index in [1.807, 2.05) is 0 Å². The molecule has 0 aliphatic carbocycles. The Bertz CT molecular complexity index is 23.4. The Hall–Kier alpha value is 0.730. The highest BCUT2D eigenvalue weighted by molar-refractivity contribution is 4.35. The number of alkyl halides is 1. The van der Waals surface area contributed by atoms with Crippen LogP contribution < -0.4 is 22.6 Å². The standard InChI is InChI=1S/C6H14I/c1-2-3-4-5-6-7/h7H,2-6H2,1H3/q+1. The topological polar surface area (TPSA) is 0 Å². The van der Waals surface area contributed by atoms with Crippen LogP contribution in [-0.2, 0) is 0 Å². The highest BCUT2D eigenvalue weighted by Gasteiger charge is 1.86. The Morgan fingerprint density at radius 3 is 2.29 bits per heavy atom. The molecule has 1 heteroatoms. The summed E-state index contributed by atoms with van der Waals surface area (Å²) in [5.41, 5.74) is 0. The van der Waals surface area contributed by atoms with Crippen molar-refractivity contribution in [3.8, 4) is 0 Å². The molecule has 0 aromatic heterocycles. The number of halogens is 1. The van der Waals surface area contributed by atoms with Crippen LogP contribution in [0.5, 0.6) is 0 Å². The average Bonchev–Trinajstić information content (AvgIpc) is 1.69. The lowest BCUT2D eigenvalue weighted by molar-refractivity contribution is -0.368. The van der Waals surface area contributed by atoms with E-state index in [1.165, 1.54) is 30.1 Å². The fraction of sp³-hybridized carbons (Fsp3) is 1.00. The maximum absolute atomic E-state index is 2.25. The van der Waals surface area contributed by atoms with Crippen LogP contribution in [0, 0.1) is 0 Å². The molecular weight excluding hydrogens is 199 g/mol. The van der Waals surface area contributed by atoms with E-state index < -0.39 is 0 Å². The Morgan fingerprint density at radius 2 is 1.86 bits per heavy atom. The molecule has 0 unspecified atom stereocenters. The highest BCUT2D eigenvalue weighted by Crippen LogP contribution is 1.94. The highest BCUT2D eigenvalue weighted by atomic mass is 127. The minimum Gasteiger partial charge on any atom is -0.0654 e. The van der Waals surface area contributed by atoms with E-state index in [0.717, 1.165) is 0 Å². The van der Waals surface area contributed by atoms with Gasteiger partial charge in [0.2, 0.25) is 0 Å². The zero-order valence-electron chi connectivity index (χ0n) is 4.94. The van der Waals surface area contributed by atoms with Gasteiger partial charge < -0.3 is 0 Å². The van der Waals surface area contributed by atoms with Gasteiger partial charge in [-0.3, -0.25) is 0 Å².